The van der Waals surface area contributed by atoms with E-state index < -0.39 is 0 Å². The summed E-state index contributed by atoms with van der Waals surface area (Å²) in [5.74, 6) is 1.67. The second-order valence-electron chi connectivity index (χ2n) is 6.45. The average molecular weight is 276 g/mol. The van der Waals surface area contributed by atoms with Crippen LogP contribution in [0, 0.1) is 17.7 Å². The summed E-state index contributed by atoms with van der Waals surface area (Å²) in [6.07, 6.45) is 6.93. The van der Waals surface area contributed by atoms with Crippen molar-refractivity contribution in [2.75, 3.05) is 13.1 Å². The molecule has 1 saturated heterocycles. The average Bonchev–Trinajstić information content (AvgIpc) is 2.47. The van der Waals surface area contributed by atoms with E-state index in [4.69, 9.17) is 5.73 Å². The van der Waals surface area contributed by atoms with Crippen molar-refractivity contribution in [3.8, 4) is 0 Å². The van der Waals surface area contributed by atoms with Crippen LogP contribution in [0.15, 0.2) is 18.2 Å². The summed E-state index contributed by atoms with van der Waals surface area (Å²) in [5.41, 5.74) is 7.92. The molecule has 3 rings (SSSR count). The molecule has 110 valence electrons. The highest BCUT2D eigenvalue weighted by Crippen LogP contribution is 2.36. The van der Waals surface area contributed by atoms with E-state index >= 15 is 0 Å². The summed E-state index contributed by atoms with van der Waals surface area (Å²) in [7, 11) is 0. The van der Waals surface area contributed by atoms with Gasteiger partial charge >= 0.3 is 0 Å². The predicted molar refractivity (Wildman–Crippen MR) is 79.6 cm³/mol. The van der Waals surface area contributed by atoms with Gasteiger partial charge in [0, 0.05) is 19.6 Å². The van der Waals surface area contributed by atoms with Crippen LogP contribution in [0.2, 0.25) is 0 Å². The number of piperidine rings is 1. The van der Waals surface area contributed by atoms with E-state index in [1.807, 2.05) is 6.07 Å². The van der Waals surface area contributed by atoms with Gasteiger partial charge in [0.25, 0.3) is 0 Å². The summed E-state index contributed by atoms with van der Waals surface area (Å²) in [6.45, 7) is 3.69. The molecule has 2 nitrogen and oxygen atoms in total. The zero-order valence-corrected chi connectivity index (χ0v) is 12.2. The minimum Gasteiger partial charge on any atom is -0.326 e. The lowest BCUT2D eigenvalue weighted by atomic mass is 9.75. The summed E-state index contributed by atoms with van der Waals surface area (Å²) in [5, 5.41) is 0. The van der Waals surface area contributed by atoms with Crippen LogP contribution in [0.4, 0.5) is 4.39 Å². The molecule has 0 spiro atoms. The maximum absolute atomic E-state index is 13.4. The van der Waals surface area contributed by atoms with Gasteiger partial charge in [-0.15, -0.1) is 0 Å². The fourth-order valence-electron chi connectivity index (χ4n) is 4.00. The van der Waals surface area contributed by atoms with Crippen LogP contribution in [0.1, 0.15) is 43.2 Å². The topological polar surface area (TPSA) is 29.3 Å². The Labute approximate surface area is 121 Å². The Hall–Kier alpha value is -0.930. The van der Waals surface area contributed by atoms with Gasteiger partial charge in [-0.1, -0.05) is 25.3 Å². The summed E-state index contributed by atoms with van der Waals surface area (Å²) in [6, 6.07) is 5.01. The van der Waals surface area contributed by atoms with Crippen molar-refractivity contribution in [2.24, 2.45) is 17.6 Å². The van der Waals surface area contributed by atoms with Crippen molar-refractivity contribution >= 4 is 0 Å². The third-order valence-electron chi connectivity index (χ3n) is 5.16. The molecule has 2 N–H and O–H groups in total. The van der Waals surface area contributed by atoms with Gasteiger partial charge in [0.05, 0.1) is 0 Å². The Morgan fingerprint density at radius 1 is 1.10 bits per heavy atom. The quantitative estimate of drug-likeness (QED) is 0.918. The van der Waals surface area contributed by atoms with E-state index in [1.165, 1.54) is 44.7 Å². The first kappa shape index (κ1) is 14.0. The van der Waals surface area contributed by atoms with Gasteiger partial charge in [0.2, 0.25) is 0 Å². The van der Waals surface area contributed by atoms with E-state index in [2.05, 4.69) is 4.90 Å². The van der Waals surface area contributed by atoms with E-state index in [0.29, 0.717) is 6.54 Å². The van der Waals surface area contributed by atoms with Crippen LogP contribution in [0.3, 0.4) is 0 Å². The van der Waals surface area contributed by atoms with E-state index in [0.717, 1.165) is 36.1 Å². The second-order valence-corrected chi connectivity index (χ2v) is 6.45. The van der Waals surface area contributed by atoms with Crippen molar-refractivity contribution in [1.82, 2.24) is 4.90 Å². The van der Waals surface area contributed by atoms with Gasteiger partial charge in [-0.05, 0) is 54.5 Å². The lowest BCUT2D eigenvalue weighted by molar-refractivity contribution is 0.0818. The van der Waals surface area contributed by atoms with Crippen molar-refractivity contribution in [3.05, 3.63) is 35.1 Å². The molecule has 1 aliphatic carbocycles. The van der Waals surface area contributed by atoms with Crippen LogP contribution in [-0.2, 0) is 13.1 Å². The fourth-order valence-corrected chi connectivity index (χ4v) is 4.00. The highest BCUT2D eigenvalue weighted by molar-refractivity contribution is 5.27. The SMILES string of the molecule is NCc1ccc(F)cc1CN1CCC2CCCCC2C1. The Morgan fingerprint density at radius 2 is 1.90 bits per heavy atom. The lowest BCUT2D eigenvalue weighted by Crippen LogP contribution is -2.41. The van der Waals surface area contributed by atoms with Crippen LogP contribution in [0.25, 0.3) is 0 Å². The van der Waals surface area contributed by atoms with Gasteiger partial charge in [-0.2, -0.15) is 0 Å². The lowest BCUT2D eigenvalue weighted by Gasteiger charge is -2.41. The van der Waals surface area contributed by atoms with Gasteiger partial charge in [0.15, 0.2) is 0 Å². The number of likely N-dealkylation sites (tertiary alicyclic amines) is 1. The van der Waals surface area contributed by atoms with E-state index in [1.54, 1.807) is 6.07 Å². The standard InChI is InChI=1S/C17H25FN2/c18-17-6-5-14(10-19)16(9-17)12-20-8-7-13-3-1-2-4-15(13)11-20/h5-6,9,13,15H,1-4,7-8,10-12,19H2. The normalized spacial score (nSPS) is 27.3. The first-order valence-electron chi connectivity index (χ1n) is 7.96. The largest absolute Gasteiger partial charge is 0.326 e. The Bertz CT molecular complexity index is 460. The number of hydrogen-bond acceptors (Lipinski definition) is 2. The Morgan fingerprint density at radius 3 is 2.70 bits per heavy atom. The molecule has 1 aromatic carbocycles. The van der Waals surface area contributed by atoms with Crippen molar-refractivity contribution in [3.63, 3.8) is 0 Å². The number of nitrogens with two attached hydrogens (primary N) is 1. The van der Waals surface area contributed by atoms with Crippen LogP contribution in [0.5, 0.6) is 0 Å². The first-order valence-corrected chi connectivity index (χ1v) is 7.96. The van der Waals surface area contributed by atoms with Crippen LogP contribution in [-0.4, -0.2) is 18.0 Å². The molecule has 1 aromatic rings. The molecule has 3 heteroatoms. The molecule has 0 bridgehead atoms. The van der Waals surface area contributed by atoms with Crippen LogP contribution >= 0.6 is 0 Å². The summed E-state index contributed by atoms with van der Waals surface area (Å²) < 4.78 is 13.4. The fraction of sp³-hybridized carbons (Fsp3) is 0.647. The third kappa shape index (κ3) is 3.04. The molecule has 2 fully saturated rings. The molecule has 0 aromatic heterocycles. The minimum atomic E-state index is -0.148. The van der Waals surface area contributed by atoms with Crippen LogP contribution < -0.4 is 5.73 Å². The Kier molecular flexibility index (Phi) is 4.37. The number of nitrogens with zero attached hydrogens (tertiary/aromatic N) is 1. The summed E-state index contributed by atoms with van der Waals surface area (Å²) in [4.78, 5) is 2.50. The van der Waals surface area contributed by atoms with Gasteiger partial charge < -0.3 is 5.73 Å². The smallest absolute Gasteiger partial charge is 0.123 e. The first-order chi connectivity index (χ1) is 9.76. The van der Waals surface area contributed by atoms with Gasteiger partial charge in [0.1, 0.15) is 5.82 Å². The molecule has 2 aliphatic rings. The number of fused-ring (bicyclic) bond motifs is 1. The molecular weight excluding hydrogens is 251 g/mol. The molecule has 1 heterocycles. The molecule has 20 heavy (non-hydrogen) atoms. The molecular formula is C17H25FN2. The van der Waals surface area contributed by atoms with Crippen molar-refractivity contribution in [2.45, 2.75) is 45.2 Å². The maximum Gasteiger partial charge on any atom is 0.123 e. The molecule has 0 radical (unpaired) electrons. The highest BCUT2D eigenvalue weighted by Gasteiger charge is 2.31. The highest BCUT2D eigenvalue weighted by atomic mass is 19.1. The number of rotatable bonds is 3. The maximum atomic E-state index is 13.4. The number of hydrogen-bond donors (Lipinski definition) is 1. The number of halogens is 1. The second kappa shape index (κ2) is 6.23. The zero-order chi connectivity index (χ0) is 13.9. The zero-order valence-electron chi connectivity index (χ0n) is 12.2. The summed E-state index contributed by atoms with van der Waals surface area (Å²) >= 11 is 0. The predicted octanol–water partition coefficient (Wildman–Crippen LogP) is 3.30. The molecule has 0 amide bonds. The van der Waals surface area contributed by atoms with Crippen molar-refractivity contribution < 1.29 is 4.39 Å². The van der Waals surface area contributed by atoms with E-state index in [9.17, 15) is 4.39 Å². The number of benzene rings is 1. The molecule has 1 aliphatic heterocycles. The molecule has 2 atom stereocenters. The van der Waals surface area contributed by atoms with Crippen molar-refractivity contribution in [1.29, 1.82) is 0 Å². The van der Waals surface area contributed by atoms with Gasteiger partial charge in [-0.3, -0.25) is 4.90 Å². The Balaban J connectivity index is 1.67. The molecule has 1 saturated carbocycles. The minimum absolute atomic E-state index is 0.148. The third-order valence-corrected chi connectivity index (χ3v) is 5.16. The monoisotopic (exact) mass is 276 g/mol. The van der Waals surface area contributed by atoms with E-state index in [-0.39, 0.29) is 5.82 Å². The molecule has 2 unspecified atom stereocenters. The van der Waals surface area contributed by atoms with Gasteiger partial charge in [-0.25, -0.2) is 4.39 Å².